The average molecular weight is 387 g/mol. The minimum absolute atomic E-state index is 0.603. The van der Waals surface area contributed by atoms with Gasteiger partial charge in [0.25, 0.3) is 0 Å². The maximum atomic E-state index is 5.92. The zero-order chi connectivity index (χ0) is 10.7. The van der Waals surface area contributed by atoms with Gasteiger partial charge in [0.05, 0.1) is 0 Å². The fourth-order valence-electron chi connectivity index (χ4n) is 1.38. The van der Waals surface area contributed by atoms with Crippen LogP contribution in [0.15, 0.2) is 16.6 Å². The van der Waals surface area contributed by atoms with Gasteiger partial charge in [0.2, 0.25) is 0 Å². The molecule has 0 heterocycles. The molecule has 0 saturated carbocycles. The fraction of sp³-hybridized carbons (Fsp3) is 0.455. The lowest BCUT2D eigenvalue weighted by atomic mass is 9.99. The lowest BCUT2D eigenvalue weighted by molar-refractivity contribution is 0.644. The summed E-state index contributed by atoms with van der Waals surface area (Å²) in [5.41, 5.74) is 2.62. The van der Waals surface area contributed by atoms with Gasteiger partial charge in [-0.3, -0.25) is 0 Å². The molecule has 78 valence electrons. The van der Waals surface area contributed by atoms with Crippen LogP contribution in [-0.2, 0) is 12.3 Å². The van der Waals surface area contributed by atoms with Gasteiger partial charge in [-0.15, -0.1) is 11.6 Å². The highest BCUT2D eigenvalue weighted by molar-refractivity contribution is 14.1. The molecule has 3 heteroatoms. The Morgan fingerprint density at radius 3 is 2.50 bits per heavy atom. The quantitative estimate of drug-likeness (QED) is 0.506. The van der Waals surface area contributed by atoms with E-state index in [0.717, 1.165) is 6.42 Å². The van der Waals surface area contributed by atoms with Gasteiger partial charge in [-0.05, 0) is 74.1 Å². The number of halogens is 3. The monoisotopic (exact) mass is 386 g/mol. The maximum absolute atomic E-state index is 5.92. The Labute approximate surface area is 113 Å². The first-order valence-electron chi connectivity index (χ1n) is 4.57. The first-order chi connectivity index (χ1) is 6.54. The van der Waals surface area contributed by atoms with Crippen LogP contribution in [0.1, 0.15) is 25.0 Å². The van der Waals surface area contributed by atoms with E-state index in [2.05, 4.69) is 64.5 Å². The minimum Gasteiger partial charge on any atom is -0.122 e. The van der Waals surface area contributed by atoms with E-state index in [1.807, 2.05) is 0 Å². The molecule has 14 heavy (non-hydrogen) atoms. The summed E-state index contributed by atoms with van der Waals surface area (Å²) in [6, 6.07) is 4.36. The Hall–Kier alpha value is 0.720. The number of alkyl halides is 1. The summed E-state index contributed by atoms with van der Waals surface area (Å²) in [7, 11) is 0. The van der Waals surface area contributed by atoms with Crippen LogP contribution in [0.3, 0.4) is 0 Å². The van der Waals surface area contributed by atoms with Crippen LogP contribution < -0.4 is 0 Å². The van der Waals surface area contributed by atoms with Gasteiger partial charge in [0.15, 0.2) is 0 Å². The van der Waals surface area contributed by atoms with Gasteiger partial charge in [-0.2, -0.15) is 0 Å². The van der Waals surface area contributed by atoms with Crippen molar-refractivity contribution in [3.63, 3.8) is 0 Å². The summed E-state index contributed by atoms with van der Waals surface area (Å²) in [6.07, 6.45) is 1.09. The summed E-state index contributed by atoms with van der Waals surface area (Å²) in [5, 5.41) is 0. The lowest BCUT2D eigenvalue weighted by Crippen LogP contribution is -1.99. The molecular formula is C11H13BrClI. The Morgan fingerprint density at radius 1 is 1.36 bits per heavy atom. The number of hydrogen-bond donors (Lipinski definition) is 0. The molecule has 0 aliphatic carbocycles. The van der Waals surface area contributed by atoms with Gasteiger partial charge < -0.3 is 0 Å². The van der Waals surface area contributed by atoms with Crippen molar-refractivity contribution < 1.29 is 0 Å². The summed E-state index contributed by atoms with van der Waals surface area (Å²) in [6.45, 7) is 4.45. The fourth-order valence-corrected chi connectivity index (χ4v) is 2.55. The lowest BCUT2D eigenvalue weighted by Gasteiger charge is -2.11. The molecular weight excluding hydrogens is 374 g/mol. The van der Waals surface area contributed by atoms with Crippen molar-refractivity contribution in [1.29, 1.82) is 0 Å². The number of hydrogen-bond acceptors (Lipinski definition) is 0. The van der Waals surface area contributed by atoms with E-state index in [1.165, 1.54) is 19.2 Å². The molecule has 0 saturated heterocycles. The van der Waals surface area contributed by atoms with E-state index < -0.39 is 0 Å². The predicted molar refractivity (Wildman–Crippen MR) is 75.0 cm³/mol. The van der Waals surface area contributed by atoms with Crippen molar-refractivity contribution in [2.24, 2.45) is 5.92 Å². The topological polar surface area (TPSA) is 0 Å². The highest BCUT2D eigenvalue weighted by Crippen LogP contribution is 2.26. The normalized spacial score (nSPS) is 11.0. The Balaban J connectivity index is 3.07. The first kappa shape index (κ1) is 12.8. The van der Waals surface area contributed by atoms with E-state index in [9.17, 15) is 0 Å². The van der Waals surface area contributed by atoms with Crippen LogP contribution in [0.2, 0.25) is 0 Å². The van der Waals surface area contributed by atoms with Gasteiger partial charge in [0, 0.05) is 13.9 Å². The van der Waals surface area contributed by atoms with E-state index >= 15 is 0 Å². The van der Waals surface area contributed by atoms with Gasteiger partial charge in [-0.1, -0.05) is 13.8 Å². The number of benzene rings is 1. The molecule has 0 fully saturated rings. The molecule has 0 bridgehead atoms. The van der Waals surface area contributed by atoms with E-state index in [4.69, 9.17) is 11.6 Å². The van der Waals surface area contributed by atoms with Crippen LogP contribution in [0.4, 0.5) is 0 Å². The molecule has 0 radical (unpaired) electrons. The SMILES string of the molecule is CC(C)Cc1cc(Br)c(I)cc1CCl. The molecule has 0 unspecified atom stereocenters. The van der Waals surface area contributed by atoms with Crippen LogP contribution in [-0.4, -0.2) is 0 Å². The molecule has 1 aromatic carbocycles. The second-order valence-corrected chi connectivity index (χ2v) is 6.05. The molecule has 1 aromatic rings. The summed E-state index contributed by atoms with van der Waals surface area (Å²) >= 11 is 11.8. The molecule has 0 aliphatic heterocycles. The first-order valence-corrected chi connectivity index (χ1v) is 6.98. The third kappa shape index (κ3) is 3.38. The molecule has 0 spiro atoms. The van der Waals surface area contributed by atoms with Gasteiger partial charge in [-0.25, -0.2) is 0 Å². The standard InChI is InChI=1S/C11H13BrClI/c1-7(2)3-8-4-10(12)11(14)5-9(8)6-13/h4-5,7H,3,6H2,1-2H3. The van der Waals surface area contributed by atoms with Crippen LogP contribution in [0, 0.1) is 9.49 Å². The Kier molecular flexibility index (Phi) is 5.21. The van der Waals surface area contributed by atoms with E-state index in [0.29, 0.717) is 11.8 Å². The minimum atomic E-state index is 0.603. The zero-order valence-corrected chi connectivity index (χ0v) is 12.8. The van der Waals surface area contributed by atoms with Gasteiger partial charge >= 0.3 is 0 Å². The van der Waals surface area contributed by atoms with E-state index in [1.54, 1.807) is 0 Å². The molecule has 0 aromatic heterocycles. The molecule has 0 nitrogen and oxygen atoms in total. The Morgan fingerprint density at radius 2 is 2.00 bits per heavy atom. The average Bonchev–Trinajstić information content (AvgIpc) is 2.10. The second kappa shape index (κ2) is 5.71. The van der Waals surface area contributed by atoms with Crippen LogP contribution in [0.25, 0.3) is 0 Å². The largest absolute Gasteiger partial charge is 0.122 e. The van der Waals surface area contributed by atoms with Crippen molar-refractivity contribution in [1.82, 2.24) is 0 Å². The number of rotatable bonds is 3. The highest BCUT2D eigenvalue weighted by atomic mass is 127. The maximum Gasteiger partial charge on any atom is 0.0477 e. The summed E-state index contributed by atoms with van der Waals surface area (Å²) < 4.78 is 2.40. The smallest absolute Gasteiger partial charge is 0.0477 e. The van der Waals surface area contributed by atoms with Crippen molar-refractivity contribution >= 4 is 50.1 Å². The van der Waals surface area contributed by atoms with Crippen molar-refractivity contribution in [2.45, 2.75) is 26.1 Å². The van der Waals surface area contributed by atoms with Crippen LogP contribution in [0.5, 0.6) is 0 Å². The Bertz CT molecular complexity index is 323. The van der Waals surface area contributed by atoms with Crippen molar-refractivity contribution in [3.8, 4) is 0 Å². The predicted octanol–water partition coefficient (Wildman–Crippen LogP) is 4.99. The zero-order valence-electron chi connectivity index (χ0n) is 8.28. The third-order valence-corrected chi connectivity index (χ3v) is 4.59. The molecule has 1 rings (SSSR count). The summed E-state index contributed by atoms with van der Waals surface area (Å²) in [5.74, 6) is 1.27. The molecule has 0 aliphatic rings. The van der Waals surface area contributed by atoms with Gasteiger partial charge in [0.1, 0.15) is 0 Å². The summed E-state index contributed by atoms with van der Waals surface area (Å²) in [4.78, 5) is 0. The van der Waals surface area contributed by atoms with E-state index in [-0.39, 0.29) is 0 Å². The molecule has 0 atom stereocenters. The highest BCUT2D eigenvalue weighted by Gasteiger charge is 2.07. The molecule has 0 amide bonds. The third-order valence-electron chi connectivity index (χ3n) is 2.01. The van der Waals surface area contributed by atoms with Crippen molar-refractivity contribution in [3.05, 3.63) is 31.3 Å². The second-order valence-electron chi connectivity index (χ2n) is 3.77. The van der Waals surface area contributed by atoms with Crippen molar-refractivity contribution in [2.75, 3.05) is 0 Å². The molecule has 0 N–H and O–H groups in total. The van der Waals surface area contributed by atoms with Crippen LogP contribution >= 0.6 is 50.1 Å².